The van der Waals surface area contributed by atoms with E-state index in [1.54, 1.807) is 30.3 Å². The Balaban J connectivity index is 0.00000169. The molecule has 0 spiro atoms. The molecule has 0 saturated carbocycles. The Morgan fingerprint density at radius 1 is 1.23 bits per heavy atom. The smallest absolute Gasteiger partial charge is 0.255 e. The van der Waals surface area contributed by atoms with Crippen LogP contribution in [0.25, 0.3) is 0 Å². The van der Waals surface area contributed by atoms with E-state index >= 15 is 0 Å². The Morgan fingerprint density at radius 3 is 2.69 bits per heavy atom. The molecule has 1 aliphatic heterocycles. The van der Waals surface area contributed by atoms with Gasteiger partial charge in [-0.15, -0.1) is 24.8 Å². The third-order valence-electron chi connectivity index (χ3n) is 4.01. The third-order valence-corrected chi connectivity index (χ3v) is 4.01. The number of amides is 1. The van der Waals surface area contributed by atoms with Gasteiger partial charge in [-0.05, 0) is 24.3 Å². The summed E-state index contributed by atoms with van der Waals surface area (Å²) >= 11 is 0. The number of pyridine rings is 1. The average Bonchev–Trinajstić information content (AvgIpc) is 3.00. The minimum Gasteiger partial charge on any atom is -0.391 e. The normalized spacial score (nSPS) is 18.4. The van der Waals surface area contributed by atoms with Crippen molar-refractivity contribution in [1.29, 1.82) is 0 Å². The molecular formula is C17H21Cl2FN4O2. The quantitative estimate of drug-likeness (QED) is 0.615. The van der Waals surface area contributed by atoms with E-state index in [2.05, 4.69) is 20.9 Å². The molecule has 2 heterocycles. The number of nitrogens with one attached hydrogen (secondary N) is 3. The van der Waals surface area contributed by atoms with E-state index in [1.807, 2.05) is 0 Å². The molecule has 1 amide bonds. The maximum Gasteiger partial charge on any atom is 0.255 e. The molecule has 1 aromatic carbocycles. The number of halogens is 3. The highest BCUT2D eigenvalue weighted by atomic mass is 35.5. The Hall–Kier alpha value is -1.93. The third kappa shape index (κ3) is 5.28. The van der Waals surface area contributed by atoms with E-state index in [4.69, 9.17) is 0 Å². The molecule has 0 aliphatic carbocycles. The lowest BCUT2D eigenvalue weighted by molar-refractivity contribution is 0.0927. The van der Waals surface area contributed by atoms with Gasteiger partial charge in [-0.25, -0.2) is 9.37 Å². The van der Waals surface area contributed by atoms with Crippen molar-refractivity contribution in [3.63, 3.8) is 0 Å². The number of aliphatic hydroxyl groups is 1. The van der Waals surface area contributed by atoms with Crippen molar-refractivity contribution in [2.45, 2.75) is 6.10 Å². The van der Waals surface area contributed by atoms with Crippen molar-refractivity contribution >= 4 is 42.2 Å². The number of aliphatic hydroxyl groups excluding tert-OH is 1. The van der Waals surface area contributed by atoms with E-state index in [-0.39, 0.29) is 48.1 Å². The van der Waals surface area contributed by atoms with Gasteiger partial charge in [0.15, 0.2) is 0 Å². The summed E-state index contributed by atoms with van der Waals surface area (Å²) in [5, 5.41) is 18.5. The molecular weight excluding hydrogens is 382 g/mol. The molecule has 1 aromatic heterocycles. The second-order valence-corrected chi connectivity index (χ2v) is 5.70. The number of nitrogens with zero attached hydrogens (tertiary/aromatic N) is 1. The summed E-state index contributed by atoms with van der Waals surface area (Å²) in [5.74, 6) is -0.477. The molecule has 2 unspecified atom stereocenters. The molecule has 6 nitrogen and oxygen atoms in total. The zero-order chi connectivity index (χ0) is 16.9. The molecule has 26 heavy (non-hydrogen) atoms. The van der Waals surface area contributed by atoms with Gasteiger partial charge in [0.1, 0.15) is 11.6 Å². The van der Waals surface area contributed by atoms with Crippen LogP contribution in [0.4, 0.5) is 15.9 Å². The minimum atomic E-state index is -0.463. The number of rotatable bonds is 5. The predicted molar refractivity (Wildman–Crippen MR) is 103 cm³/mol. The van der Waals surface area contributed by atoms with Crippen LogP contribution in [-0.4, -0.2) is 41.7 Å². The van der Waals surface area contributed by atoms with Gasteiger partial charge in [0.25, 0.3) is 5.91 Å². The van der Waals surface area contributed by atoms with E-state index in [0.29, 0.717) is 25.2 Å². The van der Waals surface area contributed by atoms with Gasteiger partial charge in [-0.3, -0.25) is 4.79 Å². The first-order chi connectivity index (χ1) is 11.6. The first-order valence-corrected chi connectivity index (χ1v) is 7.78. The molecule has 1 fully saturated rings. The van der Waals surface area contributed by atoms with Gasteiger partial charge in [0.05, 0.1) is 17.4 Å². The molecule has 0 bridgehead atoms. The zero-order valence-corrected chi connectivity index (χ0v) is 15.4. The van der Waals surface area contributed by atoms with Crippen LogP contribution < -0.4 is 16.0 Å². The Morgan fingerprint density at radius 2 is 2.00 bits per heavy atom. The largest absolute Gasteiger partial charge is 0.391 e. The van der Waals surface area contributed by atoms with Crippen LogP contribution in [-0.2, 0) is 0 Å². The van der Waals surface area contributed by atoms with Crippen molar-refractivity contribution in [2.75, 3.05) is 25.0 Å². The number of benzene rings is 1. The lowest BCUT2D eigenvalue weighted by Crippen LogP contribution is -2.34. The number of anilines is 2. The highest BCUT2D eigenvalue weighted by Gasteiger charge is 2.25. The highest BCUT2D eigenvalue weighted by Crippen LogP contribution is 2.21. The molecule has 2 aromatic rings. The van der Waals surface area contributed by atoms with Gasteiger partial charge >= 0.3 is 0 Å². The fourth-order valence-electron chi connectivity index (χ4n) is 2.62. The average molecular weight is 403 g/mol. The van der Waals surface area contributed by atoms with Crippen molar-refractivity contribution in [2.24, 2.45) is 5.92 Å². The van der Waals surface area contributed by atoms with Crippen LogP contribution in [0.3, 0.4) is 0 Å². The SMILES string of the molecule is Cl.Cl.O=C(NCC1CNCC1O)c1cccnc1Nc1ccccc1F. The van der Waals surface area contributed by atoms with Crippen LogP contribution in [0.5, 0.6) is 0 Å². The topological polar surface area (TPSA) is 86.3 Å². The van der Waals surface area contributed by atoms with E-state index in [9.17, 15) is 14.3 Å². The van der Waals surface area contributed by atoms with Crippen molar-refractivity contribution in [3.8, 4) is 0 Å². The first kappa shape index (κ1) is 22.1. The molecule has 3 rings (SSSR count). The maximum atomic E-state index is 13.8. The number of β-amino-alcohol motifs (C(OH)–C–C–N with tert-alkyl or cyclic N) is 1. The van der Waals surface area contributed by atoms with E-state index in [0.717, 1.165) is 0 Å². The van der Waals surface area contributed by atoms with E-state index in [1.165, 1.54) is 12.3 Å². The van der Waals surface area contributed by atoms with Crippen LogP contribution in [0, 0.1) is 11.7 Å². The number of hydrogen-bond donors (Lipinski definition) is 4. The summed E-state index contributed by atoms with van der Waals surface area (Å²) in [6.07, 6.45) is 1.07. The fraction of sp³-hybridized carbons (Fsp3) is 0.294. The first-order valence-electron chi connectivity index (χ1n) is 7.78. The van der Waals surface area contributed by atoms with Crippen molar-refractivity contribution in [3.05, 3.63) is 54.0 Å². The predicted octanol–water partition coefficient (Wildman–Crippen LogP) is 2.12. The molecule has 1 saturated heterocycles. The van der Waals surface area contributed by atoms with Gasteiger partial charge < -0.3 is 21.1 Å². The number of para-hydroxylation sites is 1. The Bertz CT molecular complexity index is 735. The van der Waals surface area contributed by atoms with Crippen molar-refractivity contribution in [1.82, 2.24) is 15.6 Å². The second kappa shape index (κ2) is 10.3. The Kier molecular flexibility index (Phi) is 8.74. The number of aromatic nitrogens is 1. The summed E-state index contributed by atoms with van der Waals surface area (Å²) < 4.78 is 13.8. The molecule has 142 valence electrons. The monoisotopic (exact) mass is 402 g/mol. The maximum absolute atomic E-state index is 13.8. The van der Waals surface area contributed by atoms with E-state index < -0.39 is 11.9 Å². The van der Waals surface area contributed by atoms with Crippen molar-refractivity contribution < 1.29 is 14.3 Å². The summed E-state index contributed by atoms with van der Waals surface area (Å²) in [6.45, 7) is 1.56. The summed E-state index contributed by atoms with van der Waals surface area (Å²) in [5.41, 5.74) is 0.571. The lowest BCUT2D eigenvalue weighted by Gasteiger charge is -2.15. The Labute approximate surface area is 163 Å². The molecule has 0 radical (unpaired) electrons. The van der Waals surface area contributed by atoms with Gasteiger partial charge in [0.2, 0.25) is 0 Å². The fourth-order valence-corrected chi connectivity index (χ4v) is 2.62. The summed E-state index contributed by atoms with van der Waals surface area (Å²) in [6, 6.07) is 9.46. The minimum absolute atomic E-state index is 0. The second-order valence-electron chi connectivity index (χ2n) is 5.70. The standard InChI is InChI=1S/C17H19FN4O2.2ClH/c18-13-5-1-2-6-14(13)22-16-12(4-3-7-20-16)17(24)21-9-11-8-19-10-15(11)23;;/h1-7,11,15,19,23H,8-10H2,(H,20,22)(H,21,24);2*1H. The van der Waals surface area contributed by atoms with Gasteiger partial charge in [0, 0.05) is 31.7 Å². The number of carbonyl (C=O) groups is 1. The lowest BCUT2D eigenvalue weighted by atomic mass is 10.1. The summed E-state index contributed by atoms with van der Waals surface area (Å²) in [7, 11) is 0. The number of hydrogen-bond acceptors (Lipinski definition) is 5. The van der Waals surface area contributed by atoms with Crippen LogP contribution >= 0.6 is 24.8 Å². The van der Waals surface area contributed by atoms with Crippen LogP contribution in [0.2, 0.25) is 0 Å². The highest BCUT2D eigenvalue weighted by molar-refractivity contribution is 5.99. The number of carbonyl (C=O) groups excluding carboxylic acids is 1. The zero-order valence-electron chi connectivity index (χ0n) is 13.8. The van der Waals surface area contributed by atoms with Crippen LogP contribution in [0.1, 0.15) is 10.4 Å². The molecule has 9 heteroatoms. The molecule has 2 atom stereocenters. The molecule has 4 N–H and O–H groups in total. The van der Waals surface area contributed by atoms with Gasteiger partial charge in [-0.1, -0.05) is 12.1 Å². The molecule has 1 aliphatic rings. The van der Waals surface area contributed by atoms with Crippen LogP contribution in [0.15, 0.2) is 42.6 Å². The summed E-state index contributed by atoms with van der Waals surface area (Å²) in [4.78, 5) is 16.5. The van der Waals surface area contributed by atoms with Gasteiger partial charge in [-0.2, -0.15) is 0 Å².